The van der Waals surface area contributed by atoms with Crippen LogP contribution in [-0.4, -0.2) is 149 Å². The molecule has 2 saturated heterocycles. The van der Waals surface area contributed by atoms with Gasteiger partial charge in [0.2, 0.25) is 65.0 Å². The molecule has 0 aromatic heterocycles. The molecule has 1 aromatic rings. The standard InChI is InChI=1S/C48H74N12O12S2/c1-4-27(2)40-46(70)56-31(16-17-36(50)61)42(66)57-33(23-37(51)62)43(67)58-34(47(71)60-21-9-11-35(60)45(69)55-30(10-8-20-49)41(65)53-25-38(52)63)26-73-74-48(18-6-5-7-19-48)24-39(64)54-32(44(68)59-40)22-28-12-14-29(72-3)15-13-28/h12-15,27,30-35,40H,4-11,16-26,49H2,1-3H3,(H2,50,61)(H2,51,62)(H2,52,63)(H,53,65)(H,54,64)(H,55,69)(H,56,70)(H,57,66)(H,58,67)(H,59,68)/t27-,30-,31-,32+,33+,34+,35-,40+/m0/s1. The molecule has 410 valence electrons. The fraction of sp³-hybridized carbons (Fsp3) is 0.646. The van der Waals surface area contributed by atoms with Gasteiger partial charge in [-0.2, -0.15) is 0 Å². The Bertz CT molecular complexity index is 2180. The third kappa shape index (κ3) is 18.7. The highest BCUT2D eigenvalue weighted by molar-refractivity contribution is 8.77. The van der Waals surface area contributed by atoms with Crippen molar-refractivity contribution in [2.45, 2.75) is 157 Å². The van der Waals surface area contributed by atoms with Crippen LogP contribution in [0.15, 0.2) is 24.3 Å². The molecule has 11 amide bonds. The molecular formula is C48H74N12O12S2. The number of carbonyl (C=O) groups excluding carboxylic acids is 11. The van der Waals surface area contributed by atoms with Gasteiger partial charge in [0.15, 0.2) is 0 Å². The fourth-order valence-electron chi connectivity index (χ4n) is 9.02. The summed E-state index contributed by atoms with van der Waals surface area (Å²) >= 11 is 0. The van der Waals surface area contributed by atoms with Crippen molar-refractivity contribution in [1.29, 1.82) is 0 Å². The monoisotopic (exact) mass is 1070 g/mol. The molecule has 1 saturated carbocycles. The van der Waals surface area contributed by atoms with Gasteiger partial charge in [-0.3, -0.25) is 52.7 Å². The van der Waals surface area contributed by atoms with Gasteiger partial charge >= 0.3 is 0 Å². The van der Waals surface area contributed by atoms with Gasteiger partial charge in [0.1, 0.15) is 48.0 Å². The van der Waals surface area contributed by atoms with Crippen LogP contribution in [0.1, 0.15) is 109 Å². The summed E-state index contributed by atoms with van der Waals surface area (Å²) in [5, 5.41) is 18.5. The van der Waals surface area contributed by atoms with Gasteiger partial charge in [-0.1, -0.05) is 73.3 Å². The molecule has 74 heavy (non-hydrogen) atoms. The minimum atomic E-state index is -1.73. The Labute approximate surface area is 438 Å². The van der Waals surface area contributed by atoms with Crippen molar-refractivity contribution in [3.05, 3.63) is 29.8 Å². The lowest BCUT2D eigenvalue weighted by atomic mass is 9.85. The van der Waals surface area contributed by atoms with E-state index in [1.165, 1.54) is 33.6 Å². The van der Waals surface area contributed by atoms with Crippen LogP contribution in [0.25, 0.3) is 0 Å². The molecular weight excluding hydrogens is 1000 g/mol. The van der Waals surface area contributed by atoms with E-state index >= 15 is 0 Å². The van der Waals surface area contributed by atoms with E-state index in [0.29, 0.717) is 43.4 Å². The predicted octanol–water partition coefficient (Wildman–Crippen LogP) is -1.85. The molecule has 0 unspecified atom stereocenters. The number of primary amides is 3. The number of carbonyl (C=O) groups is 11. The Morgan fingerprint density at radius 1 is 0.824 bits per heavy atom. The second-order valence-corrected chi connectivity index (χ2v) is 21.9. The molecule has 2 heterocycles. The lowest BCUT2D eigenvalue weighted by molar-refractivity contribution is -0.142. The van der Waals surface area contributed by atoms with Crippen molar-refractivity contribution in [2.24, 2.45) is 28.9 Å². The molecule has 24 nitrogen and oxygen atoms in total. The number of hydrogen-bond acceptors (Lipinski definition) is 15. The fourth-order valence-corrected chi connectivity index (χ4v) is 12.4. The average molecular weight is 1080 g/mol. The summed E-state index contributed by atoms with van der Waals surface area (Å²) < 4.78 is 4.60. The highest BCUT2D eigenvalue weighted by Crippen LogP contribution is 2.48. The van der Waals surface area contributed by atoms with Crippen LogP contribution in [0, 0.1) is 5.92 Å². The third-order valence-electron chi connectivity index (χ3n) is 13.3. The number of amides is 11. The molecule has 8 atom stereocenters. The number of nitrogens with one attached hydrogen (secondary N) is 7. The van der Waals surface area contributed by atoms with E-state index in [1.54, 1.807) is 38.1 Å². The van der Waals surface area contributed by atoms with Crippen molar-refractivity contribution in [3.8, 4) is 5.75 Å². The number of methoxy groups -OCH3 is 1. The Morgan fingerprint density at radius 3 is 2.11 bits per heavy atom. The van der Waals surface area contributed by atoms with Crippen LogP contribution < -0.4 is 64.9 Å². The van der Waals surface area contributed by atoms with Gasteiger partial charge in [0.25, 0.3) is 0 Å². The lowest BCUT2D eigenvalue weighted by Crippen LogP contribution is -2.61. The summed E-state index contributed by atoms with van der Waals surface area (Å²) in [5.41, 5.74) is 22.6. The van der Waals surface area contributed by atoms with Crippen LogP contribution in [0.2, 0.25) is 0 Å². The first-order chi connectivity index (χ1) is 35.2. The Morgan fingerprint density at radius 2 is 1.49 bits per heavy atom. The van der Waals surface area contributed by atoms with Gasteiger partial charge < -0.3 is 69.8 Å². The SMILES string of the molecule is CC[C@H](C)[C@H]1NC(=O)[C@@H](Cc2ccc(OC)cc2)NC(=O)CC2(CCCCC2)SSC[C@H](C(=O)N2CCC[C@H]2C(=O)N[C@@H](CCCN)C(=O)NCC(N)=O)NC(=O)[C@@H](CC(N)=O)NC(=O)[C@H](CCC(N)=O)NC1=O. The zero-order valence-corrected chi connectivity index (χ0v) is 44.0. The normalized spacial score (nSPS) is 24.1. The average Bonchev–Trinajstić information content (AvgIpc) is 3.86. The van der Waals surface area contributed by atoms with E-state index in [-0.39, 0.29) is 50.9 Å². The molecule has 3 aliphatic rings. The molecule has 4 rings (SSSR count). The first-order valence-electron chi connectivity index (χ1n) is 25.1. The van der Waals surface area contributed by atoms with Crippen molar-refractivity contribution in [1.82, 2.24) is 42.1 Å². The quantitative estimate of drug-likeness (QED) is 0.0678. The molecule has 0 bridgehead atoms. The van der Waals surface area contributed by atoms with Crippen molar-refractivity contribution < 1.29 is 57.5 Å². The first kappa shape index (κ1) is 60.4. The van der Waals surface area contributed by atoms with Gasteiger partial charge in [-0.15, -0.1) is 0 Å². The molecule has 1 aliphatic carbocycles. The number of hydrogen-bond donors (Lipinski definition) is 11. The molecule has 1 spiro atoms. The maximum atomic E-state index is 14.8. The van der Waals surface area contributed by atoms with Crippen molar-refractivity contribution in [2.75, 3.05) is 32.5 Å². The first-order valence-corrected chi connectivity index (χ1v) is 27.4. The largest absolute Gasteiger partial charge is 0.497 e. The summed E-state index contributed by atoms with van der Waals surface area (Å²) in [4.78, 5) is 151. The third-order valence-corrected chi connectivity index (χ3v) is 16.6. The maximum absolute atomic E-state index is 14.8. The summed E-state index contributed by atoms with van der Waals surface area (Å²) in [6.45, 7) is 3.27. The molecule has 3 fully saturated rings. The maximum Gasteiger partial charge on any atom is 0.246 e. The minimum absolute atomic E-state index is 0.0199. The Balaban J connectivity index is 1.77. The predicted molar refractivity (Wildman–Crippen MR) is 276 cm³/mol. The second kappa shape index (κ2) is 29.7. The molecule has 0 radical (unpaired) electrons. The van der Waals surface area contributed by atoms with E-state index < -0.39 is 137 Å². The lowest BCUT2D eigenvalue weighted by Gasteiger charge is -2.37. The minimum Gasteiger partial charge on any atom is -0.497 e. The summed E-state index contributed by atoms with van der Waals surface area (Å²) in [5.74, 6) is -8.88. The van der Waals surface area contributed by atoms with E-state index in [0.717, 1.165) is 19.3 Å². The van der Waals surface area contributed by atoms with Crippen molar-refractivity contribution in [3.63, 3.8) is 0 Å². The second-order valence-electron chi connectivity index (χ2n) is 19.1. The summed E-state index contributed by atoms with van der Waals surface area (Å²) in [6, 6.07) is -2.52. The molecule has 1 aromatic carbocycles. The zero-order valence-electron chi connectivity index (χ0n) is 42.3. The van der Waals surface area contributed by atoms with E-state index in [1.807, 2.05) is 0 Å². The number of rotatable bonds is 19. The smallest absolute Gasteiger partial charge is 0.246 e. The van der Waals surface area contributed by atoms with Crippen LogP contribution in [0.3, 0.4) is 0 Å². The molecule has 26 heteroatoms. The van der Waals surface area contributed by atoms with Gasteiger partial charge in [0, 0.05) is 36.3 Å². The van der Waals surface area contributed by atoms with Crippen LogP contribution in [-0.2, 0) is 59.2 Å². The number of nitrogens with zero attached hydrogens (tertiary/aromatic N) is 1. The van der Waals surface area contributed by atoms with Gasteiger partial charge in [-0.25, -0.2) is 0 Å². The van der Waals surface area contributed by atoms with Crippen molar-refractivity contribution >= 4 is 86.6 Å². The van der Waals surface area contributed by atoms with E-state index in [2.05, 4.69) is 37.2 Å². The molecule has 2 aliphatic heterocycles. The summed E-state index contributed by atoms with van der Waals surface area (Å²) in [6.07, 6.45) is 3.39. The highest BCUT2D eigenvalue weighted by atomic mass is 33.1. The van der Waals surface area contributed by atoms with E-state index in [9.17, 15) is 52.7 Å². The zero-order chi connectivity index (χ0) is 54.5. The number of likely N-dealkylation sites (tertiary alicyclic amines) is 1. The number of nitrogens with two attached hydrogens (primary N) is 4. The van der Waals surface area contributed by atoms with Crippen LogP contribution >= 0.6 is 21.6 Å². The van der Waals surface area contributed by atoms with Gasteiger partial charge in [-0.05, 0) is 75.1 Å². The number of ether oxygens (including phenoxy) is 1. The van der Waals surface area contributed by atoms with Crippen LogP contribution in [0.5, 0.6) is 5.75 Å². The number of benzene rings is 1. The topological polar surface area (TPSA) is 389 Å². The Hall–Kier alpha value is -6.15. The summed E-state index contributed by atoms with van der Waals surface area (Å²) in [7, 11) is 4.06. The Kier molecular flexibility index (Phi) is 24.2. The highest BCUT2D eigenvalue weighted by Gasteiger charge is 2.42. The molecule has 15 N–H and O–H groups in total. The van der Waals surface area contributed by atoms with E-state index in [4.69, 9.17) is 27.7 Å². The van der Waals surface area contributed by atoms with Crippen LogP contribution in [0.4, 0.5) is 0 Å². The van der Waals surface area contributed by atoms with Gasteiger partial charge in [0.05, 0.1) is 20.1 Å².